The highest BCUT2D eigenvalue weighted by atomic mass is 16.5. The summed E-state index contributed by atoms with van der Waals surface area (Å²) in [5.41, 5.74) is 5.17. The van der Waals surface area contributed by atoms with Gasteiger partial charge in [0.1, 0.15) is 0 Å². The molecule has 1 atom stereocenters. The van der Waals surface area contributed by atoms with Gasteiger partial charge in [-0.1, -0.05) is 13.8 Å². The summed E-state index contributed by atoms with van der Waals surface area (Å²) in [7, 11) is 1.41. The normalized spacial score (nSPS) is 33.1. The number of hydrogen-bond acceptors (Lipinski definition) is 3. The van der Waals surface area contributed by atoms with Gasteiger partial charge < -0.3 is 10.5 Å². The van der Waals surface area contributed by atoms with E-state index < -0.39 is 0 Å². The van der Waals surface area contributed by atoms with E-state index in [-0.39, 0.29) is 16.8 Å². The number of hydrogen-bond donors (Lipinski definition) is 1. The third-order valence-electron chi connectivity index (χ3n) is 2.84. The number of carbonyl (C=O) groups is 1. The molecule has 11 heavy (non-hydrogen) atoms. The minimum absolute atomic E-state index is 0.0366. The molecule has 3 nitrogen and oxygen atoms in total. The molecule has 1 saturated carbocycles. The molecule has 0 aromatic heterocycles. The molecule has 0 bridgehead atoms. The fraction of sp³-hybridized carbons (Fsp3) is 0.875. The van der Waals surface area contributed by atoms with Crippen LogP contribution in [0, 0.1) is 10.8 Å². The molecule has 1 fully saturated rings. The Morgan fingerprint density at radius 2 is 2.09 bits per heavy atom. The highest BCUT2D eigenvalue weighted by Crippen LogP contribution is 2.63. The van der Waals surface area contributed by atoms with Gasteiger partial charge in [0.2, 0.25) is 0 Å². The van der Waals surface area contributed by atoms with E-state index in [9.17, 15) is 4.79 Å². The Morgan fingerprint density at radius 1 is 1.64 bits per heavy atom. The second kappa shape index (κ2) is 2.21. The molecule has 1 unspecified atom stereocenters. The molecule has 0 amide bonds. The maximum absolute atomic E-state index is 11.2. The highest BCUT2D eigenvalue weighted by molar-refractivity contribution is 5.81. The van der Waals surface area contributed by atoms with Crippen molar-refractivity contribution in [1.29, 1.82) is 0 Å². The number of rotatable bonds is 2. The van der Waals surface area contributed by atoms with Crippen LogP contribution in [0.1, 0.15) is 20.3 Å². The number of carbonyl (C=O) groups excluding carboxylic acids is 1. The molecule has 0 saturated heterocycles. The first-order chi connectivity index (χ1) is 5.00. The van der Waals surface area contributed by atoms with Crippen LogP contribution in [0.5, 0.6) is 0 Å². The minimum atomic E-state index is -0.387. The van der Waals surface area contributed by atoms with Crippen molar-refractivity contribution in [2.75, 3.05) is 13.7 Å². The number of esters is 1. The lowest BCUT2D eigenvalue weighted by Gasteiger charge is -2.14. The predicted octanol–water partition coefficient (Wildman–Crippen LogP) is 0.534. The Bertz CT molecular complexity index is 189. The standard InChI is InChI=1S/C8H15NO2/c1-7(2)4-8(7,5-9)6(10)11-3/h4-5,9H2,1-3H3. The smallest absolute Gasteiger partial charge is 0.313 e. The Balaban J connectivity index is 2.75. The lowest BCUT2D eigenvalue weighted by molar-refractivity contribution is -0.148. The van der Waals surface area contributed by atoms with Gasteiger partial charge in [-0.2, -0.15) is 0 Å². The molecule has 0 spiro atoms. The molecule has 64 valence electrons. The van der Waals surface area contributed by atoms with Crippen molar-refractivity contribution in [3.63, 3.8) is 0 Å². The van der Waals surface area contributed by atoms with E-state index in [0.29, 0.717) is 6.54 Å². The minimum Gasteiger partial charge on any atom is -0.469 e. The van der Waals surface area contributed by atoms with E-state index in [4.69, 9.17) is 5.73 Å². The Hall–Kier alpha value is -0.570. The van der Waals surface area contributed by atoms with Gasteiger partial charge in [-0.25, -0.2) is 0 Å². The summed E-state index contributed by atoms with van der Waals surface area (Å²) in [6, 6.07) is 0. The van der Waals surface area contributed by atoms with Crippen molar-refractivity contribution in [3.05, 3.63) is 0 Å². The average molecular weight is 157 g/mol. The Kier molecular flexibility index (Phi) is 1.71. The summed E-state index contributed by atoms with van der Waals surface area (Å²) in [4.78, 5) is 11.2. The van der Waals surface area contributed by atoms with Crippen molar-refractivity contribution in [1.82, 2.24) is 0 Å². The van der Waals surface area contributed by atoms with Crippen LogP contribution < -0.4 is 5.73 Å². The maximum Gasteiger partial charge on any atom is 0.313 e. The van der Waals surface area contributed by atoms with Crippen LogP contribution in [0.4, 0.5) is 0 Å². The quantitative estimate of drug-likeness (QED) is 0.595. The second-order valence-electron chi connectivity index (χ2n) is 3.84. The summed E-state index contributed by atoms with van der Waals surface area (Å²) in [5, 5.41) is 0. The first-order valence-electron chi connectivity index (χ1n) is 3.79. The molecule has 0 aromatic rings. The summed E-state index contributed by atoms with van der Waals surface area (Å²) >= 11 is 0. The fourth-order valence-electron chi connectivity index (χ4n) is 1.69. The number of ether oxygens (including phenoxy) is 1. The van der Waals surface area contributed by atoms with Gasteiger partial charge in [-0.15, -0.1) is 0 Å². The zero-order valence-corrected chi connectivity index (χ0v) is 7.31. The van der Waals surface area contributed by atoms with Gasteiger partial charge >= 0.3 is 5.97 Å². The number of nitrogens with two attached hydrogens (primary N) is 1. The van der Waals surface area contributed by atoms with Crippen LogP contribution in [-0.2, 0) is 9.53 Å². The van der Waals surface area contributed by atoms with Crippen molar-refractivity contribution in [2.45, 2.75) is 20.3 Å². The van der Waals surface area contributed by atoms with E-state index in [1.54, 1.807) is 0 Å². The molecule has 0 heterocycles. The van der Waals surface area contributed by atoms with Crippen LogP contribution in [0.3, 0.4) is 0 Å². The van der Waals surface area contributed by atoms with Gasteiger partial charge in [0, 0.05) is 6.54 Å². The lowest BCUT2D eigenvalue weighted by atomic mass is 9.96. The molecule has 0 radical (unpaired) electrons. The second-order valence-corrected chi connectivity index (χ2v) is 3.84. The third-order valence-corrected chi connectivity index (χ3v) is 2.84. The molecule has 0 aromatic carbocycles. The molecular weight excluding hydrogens is 142 g/mol. The first-order valence-corrected chi connectivity index (χ1v) is 3.79. The summed E-state index contributed by atoms with van der Waals surface area (Å²) in [6.07, 6.45) is 0.850. The Labute approximate surface area is 66.9 Å². The monoisotopic (exact) mass is 157 g/mol. The van der Waals surface area contributed by atoms with Crippen LogP contribution in [0.25, 0.3) is 0 Å². The molecule has 3 heteroatoms. The zero-order valence-electron chi connectivity index (χ0n) is 7.31. The van der Waals surface area contributed by atoms with Crippen molar-refractivity contribution >= 4 is 5.97 Å². The summed E-state index contributed by atoms with van der Waals surface area (Å²) in [5.74, 6) is -0.162. The molecule has 0 aliphatic heterocycles. The molecule has 1 aliphatic rings. The van der Waals surface area contributed by atoms with Crippen molar-refractivity contribution < 1.29 is 9.53 Å². The van der Waals surface area contributed by atoms with E-state index in [1.165, 1.54) is 7.11 Å². The van der Waals surface area contributed by atoms with E-state index >= 15 is 0 Å². The molecule has 2 N–H and O–H groups in total. The van der Waals surface area contributed by atoms with Gasteiger partial charge in [0.05, 0.1) is 12.5 Å². The lowest BCUT2D eigenvalue weighted by Crippen LogP contribution is -2.30. The van der Waals surface area contributed by atoms with Gasteiger partial charge in [-0.3, -0.25) is 4.79 Å². The Morgan fingerprint density at radius 3 is 2.18 bits per heavy atom. The largest absolute Gasteiger partial charge is 0.469 e. The third kappa shape index (κ3) is 0.948. The topological polar surface area (TPSA) is 52.3 Å². The molecule has 1 rings (SSSR count). The van der Waals surface area contributed by atoms with Crippen molar-refractivity contribution in [2.24, 2.45) is 16.6 Å². The van der Waals surface area contributed by atoms with Crippen LogP contribution >= 0.6 is 0 Å². The maximum atomic E-state index is 11.2. The van der Waals surface area contributed by atoms with Gasteiger partial charge in [0.25, 0.3) is 0 Å². The SMILES string of the molecule is COC(=O)C1(CN)CC1(C)C. The predicted molar refractivity (Wildman–Crippen MR) is 41.9 cm³/mol. The number of methoxy groups -OCH3 is 1. The first kappa shape index (κ1) is 8.53. The zero-order chi connectivity index (χ0) is 8.70. The van der Waals surface area contributed by atoms with E-state index in [2.05, 4.69) is 4.74 Å². The van der Waals surface area contributed by atoms with Gasteiger partial charge in [0.15, 0.2) is 0 Å². The van der Waals surface area contributed by atoms with Crippen molar-refractivity contribution in [3.8, 4) is 0 Å². The van der Waals surface area contributed by atoms with Crippen LogP contribution in [0.2, 0.25) is 0 Å². The van der Waals surface area contributed by atoms with E-state index in [0.717, 1.165) is 6.42 Å². The van der Waals surface area contributed by atoms with E-state index in [1.807, 2.05) is 13.8 Å². The van der Waals surface area contributed by atoms with Crippen LogP contribution in [0.15, 0.2) is 0 Å². The highest BCUT2D eigenvalue weighted by Gasteiger charge is 2.66. The average Bonchev–Trinajstić information content (AvgIpc) is 2.53. The molecular formula is C8H15NO2. The summed E-state index contributed by atoms with van der Waals surface area (Å²) < 4.78 is 4.69. The van der Waals surface area contributed by atoms with Gasteiger partial charge in [-0.05, 0) is 11.8 Å². The van der Waals surface area contributed by atoms with Crippen LogP contribution in [-0.4, -0.2) is 19.6 Å². The summed E-state index contributed by atoms with van der Waals surface area (Å²) in [6.45, 7) is 4.47. The fourth-order valence-corrected chi connectivity index (χ4v) is 1.69. The molecule has 1 aliphatic carbocycles.